The number of aromatic nitrogens is 2. The van der Waals surface area contributed by atoms with Crippen LogP contribution >= 0.6 is 0 Å². The van der Waals surface area contributed by atoms with Gasteiger partial charge in [-0.05, 0) is 37.1 Å². The van der Waals surface area contributed by atoms with Crippen molar-refractivity contribution in [3.63, 3.8) is 0 Å². The van der Waals surface area contributed by atoms with E-state index in [-0.39, 0.29) is 5.82 Å². The molecule has 1 unspecified atom stereocenters. The van der Waals surface area contributed by atoms with Crippen molar-refractivity contribution in [2.24, 2.45) is 7.05 Å². The standard InChI is InChI=1S/C15H20FN3/c1-17-11-13(12-4-3-5-14(16)10-12)6-7-15-18-8-9-19(15)2/h3-5,8-10,13,17H,6-7,11H2,1-2H3. The van der Waals surface area contributed by atoms with E-state index in [2.05, 4.69) is 10.3 Å². The Balaban J connectivity index is 2.06. The van der Waals surface area contributed by atoms with Gasteiger partial charge in [0.25, 0.3) is 0 Å². The van der Waals surface area contributed by atoms with Crippen LogP contribution in [0.5, 0.6) is 0 Å². The maximum Gasteiger partial charge on any atom is 0.123 e. The topological polar surface area (TPSA) is 29.9 Å². The summed E-state index contributed by atoms with van der Waals surface area (Å²) in [5, 5.41) is 3.18. The molecule has 0 fully saturated rings. The first kappa shape index (κ1) is 13.7. The normalized spacial score (nSPS) is 12.6. The predicted molar refractivity (Wildman–Crippen MR) is 74.6 cm³/mol. The van der Waals surface area contributed by atoms with Crippen molar-refractivity contribution in [2.75, 3.05) is 13.6 Å². The summed E-state index contributed by atoms with van der Waals surface area (Å²) in [4.78, 5) is 4.33. The smallest absolute Gasteiger partial charge is 0.123 e. The van der Waals surface area contributed by atoms with Crippen molar-refractivity contribution < 1.29 is 4.39 Å². The molecule has 1 heterocycles. The zero-order chi connectivity index (χ0) is 13.7. The Labute approximate surface area is 113 Å². The molecule has 3 nitrogen and oxygen atoms in total. The minimum atomic E-state index is -0.171. The van der Waals surface area contributed by atoms with Crippen molar-refractivity contribution in [2.45, 2.75) is 18.8 Å². The van der Waals surface area contributed by atoms with Gasteiger partial charge in [0.1, 0.15) is 11.6 Å². The van der Waals surface area contributed by atoms with E-state index in [4.69, 9.17) is 0 Å². The second-order valence-electron chi connectivity index (χ2n) is 4.80. The van der Waals surface area contributed by atoms with Crippen molar-refractivity contribution in [3.8, 4) is 0 Å². The second kappa shape index (κ2) is 6.48. The third-order valence-corrected chi connectivity index (χ3v) is 3.41. The summed E-state index contributed by atoms with van der Waals surface area (Å²) < 4.78 is 15.3. The van der Waals surface area contributed by atoms with Crippen LogP contribution in [0.4, 0.5) is 4.39 Å². The quantitative estimate of drug-likeness (QED) is 0.866. The monoisotopic (exact) mass is 261 g/mol. The van der Waals surface area contributed by atoms with Crippen LogP contribution in [0.1, 0.15) is 23.7 Å². The maximum atomic E-state index is 13.3. The lowest BCUT2D eigenvalue weighted by atomic mass is 9.94. The first-order chi connectivity index (χ1) is 9.20. The molecule has 0 aliphatic rings. The molecule has 0 amide bonds. The summed E-state index contributed by atoms with van der Waals surface area (Å²) in [6.07, 6.45) is 5.61. The molecule has 4 heteroatoms. The lowest BCUT2D eigenvalue weighted by Gasteiger charge is -2.17. The van der Waals surface area contributed by atoms with Gasteiger partial charge < -0.3 is 9.88 Å². The molecule has 102 valence electrons. The minimum absolute atomic E-state index is 0.171. The molecule has 1 atom stereocenters. The molecule has 0 radical (unpaired) electrons. The summed E-state index contributed by atoms with van der Waals surface area (Å²) in [5.41, 5.74) is 1.04. The van der Waals surface area contributed by atoms with Gasteiger partial charge in [-0.25, -0.2) is 9.37 Å². The van der Waals surface area contributed by atoms with Crippen LogP contribution in [0.15, 0.2) is 36.7 Å². The first-order valence-electron chi connectivity index (χ1n) is 6.57. The highest BCUT2D eigenvalue weighted by molar-refractivity contribution is 5.21. The SMILES string of the molecule is CNCC(CCc1nccn1C)c1cccc(F)c1. The van der Waals surface area contributed by atoms with Gasteiger partial charge in [0, 0.05) is 32.4 Å². The maximum absolute atomic E-state index is 13.3. The number of imidazole rings is 1. The Bertz CT molecular complexity index is 522. The number of benzene rings is 1. The first-order valence-corrected chi connectivity index (χ1v) is 6.57. The van der Waals surface area contributed by atoms with Crippen LogP contribution in [-0.4, -0.2) is 23.1 Å². The number of nitrogens with zero attached hydrogens (tertiary/aromatic N) is 2. The van der Waals surface area contributed by atoms with Gasteiger partial charge in [-0.3, -0.25) is 0 Å². The summed E-state index contributed by atoms with van der Waals surface area (Å²) in [6.45, 7) is 0.841. The van der Waals surface area contributed by atoms with E-state index in [9.17, 15) is 4.39 Å². The fraction of sp³-hybridized carbons (Fsp3) is 0.400. The van der Waals surface area contributed by atoms with Crippen molar-refractivity contribution in [1.82, 2.24) is 14.9 Å². The van der Waals surface area contributed by atoms with E-state index >= 15 is 0 Å². The number of likely N-dealkylation sites (N-methyl/N-ethyl adjacent to an activating group) is 1. The number of aryl methyl sites for hydroxylation is 2. The lowest BCUT2D eigenvalue weighted by molar-refractivity contribution is 0.561. The Hall–Kier alpha value is -1.68. The zero-order valence-electron chi connectivity index (χ0n) is 11.4. The van der Waals surface area contributed by atoms with Crippen LogP contribution in [0.2, 0.25) is 0 Å². The van der Waals surface area contributed by atoms with E-state index < -0.39 is 0 Å². The summed E-state index contributed by atoms with van der Waals surface area (Å²) >= 11 is 0. The van der Waals surface area contributed by atoms with Crippen molar-refractivity contribution >= 4 is 0 Å². The fourth-order valence-electron chi connectivity index (χ4n) is 2.33. The molecule has 0 aliphatic carbocycles. The fourth-order valence-corrected chi connectivity index (χ4v) is 2.33. The summed E-state index contributed by atoms with van der Waals surface area (Å²) in [7, 11) is 3.92. The number of nitrogens with one attached hydrogen (secondary N) is 1. The van der Waals surface area contributed by atoms with Crippen molar-refractivity contribution in [3.05, 3.63) is 53.9 Å². The van der Waals surface area contributed by atoms with Gasteiger partial charge >= 0.3 is 0 Å². The minimum Gasteiger partial charge on any atom is -0.338 e. The average Bonchev–Trinajstić information content (AvgIpc) is 2.80. The van der Waals surface area contributed by atoms with Crippen LogP contribution in [-0.2, 0) is 13.5 Å². The van der Waals surface area contributed by atoms with Crippen molar-refractivity contribution in [1.29, 1.82) is 0 Å². The molecule has 1 aromatic heterocycles. The average molecular weight is 261 g/mol. The Morgan fingerprint density at radius 2 is 2.26 bits per heavy atom. The Morgan fingerprint density at radius 3 is 2.89 bits per heavy atom. The van der Waals surface area contributed by atoms with Gasteiger partial charge in [-0.1, -0.05) is 12.1 Å². The highest BCUT2D eigenvalue weighted by Gasteiger charge is 2.12. The molecule has 19 heavy (non-hydrogen) atoms. The second-order valence-corrected chi connectivity index (χ2v) is 4.80. The van der Waals surface area contributed by atoms with Gasteiger partial charge in [-0.2, -0.15) is 0 Å². The van der Waals surface area contributed by atoms with Crippen LogP contribution in [0, 0.1) is 5.82 Å². The van der Waals surface area contributed by atoms with Crippen LogP contribution in [0.25, 0.3) is 0 Å². The largest absolute Gasteiger partial charge is 0.338 e. The van der Waals surface area contributed by atoms with Gasteiger partial charge in [0.2, 0.25) is 0 Å². The molecule has 1 aromatic carbocycles. The molecule has 2 rings (SSSR count). The molecule has 1 N–H and O–H groups in total. The molecule has 0 aliphatic heterocycles. The van der Waals surface area contributed by atoms with Gasteiger partial charge in [0.05, 0.1) is 0 Å². The molecule has 0 bridgehead atoms. The van der Waals surface area contributed by atoms with E-state index in [1.54, 1.807) is 12.1 Å². The number of hydrogen-bond donors (Lipinski definition) is 1. The number of rotatable bonds is 6. The molecular formula is C15H20FN3. The van der Waals surface area contributed by atoms with Gasteiger partial charge in [0.15, 0.2) is 0 Å². The number of halogens is 1. The predicted octanol–water partition coefficient (Wildman–Crippen LogP) is 2.50. The summed E-state index contributed by atoms with van der Waals surface area (Å²) in [5.74, 6) is 1.20. The molecule has 0 saturated heterocycles. The Morgan fingerprint density at radius 1 is 1.42 bits per heavy atom. The zero-order valence-corrected chi connectivity index (χ0v) is 11.4. The summed E-state index contributed by atoms with van der Waals surface area (Å²) in [6, 6.07) is 6.87. The number of hydrogen-bond acceptors (Lipinski definition) is 2. The molecule has 0 saturated carbocycles. The van der Waals surface area contributed by atoms with E-state index in [0.29, 0.717) is 5.92 Å². The lowest BCUT2D eigenvalue weighted by Crippen LogP contribution is -2.18. The van der Waals surface area contributed by atoms with E-state index in [0.717, 1.165) is 30.8 Å². The Kier molecular flexibility index (Phi) is 4.68. The highest BCUT2D eigenvalue weighted by atomic mass is 19.1. The van der Waals surface area contributed by atoms with Crippen LogP contribution in [0.3, 0.4) is 0 Å². The van der Waals surface area contributed by atoms with Gasteiger partial charge in [-0.15, -0.1) is 0 Å². The third-order valence-electron chi connectivity index (χ3n) is 3.41. The highest BCUT2D eigenvalue weighted by Crippen LogP contribution is 2.21. The molecule has 0 spiro atoms. The molecular weight excluding hydrogens is 241 g/mol. The third kappa shape index (κ3) is 3.64. The van der Waals surface area contributed by atoms with E-state index in [1.165, 1.54) is 6.07 Å². The van der Waals surface area contributed by atoms with E-state index in [1.807, 2.05) is 37.1 Å². The van der Waals surface area contributed by atoms with Crippen LogP contribution < -0.4 is 5.32 Å². The molecule has 2 aromatic rings.